The number of halogens is 1. The molecule has 0 fully saturated rings. The molecule has 1 rings (SSSR count). The molecule has 0 aliphatic rings. The van der Waals surface area contributed by atoms with Crippen molar-refractivity contribution in [3.05, 3.63) is 35.9 Å². The summed E-state index contributed by atoms with van der Waals surface area (Å²) in [7, 11) is 0. The summed E-state index contributed by atoms with van der Waals surface area (Å²) in [5.74, 6) is 0. The average Bonchev–Trinajstić information content (AvgIpc) is 1.90. The van der Waals surface area contributed by atoms with E-state index in [1.807, 2.05) is 18.2 Å². The van der Waals surface area contributed by atoms with Crippen LogP contribution in [0.15, 0.2) is 30.3 Å². The van der Waals surface area contributed by atoms with E-state index in [0.29, 0.717) is 5.56 Å². The fourth-order valence-corrected chi connectivity index (χ4v) is 0.730. The fourth-order valence-electron chi connectivity index (χ4n) is 0.581. The molecule has 0 bridgehead atoms. The van der Waals surface area contributed by atoms with Crippen molar-refractivity contribution in [3.8, 4) is 0 Å². The van der Waals surface area contributed by atoms with Crippen LogP contribution in [0.5, 0.6) is 0 Å². The molecule has 10 heavy (non-hydrogen) atoms. The van der Waals surface area contributed by atoms with Gasteiger partial charge < -0.3 is 0 Å². The minimum atomic E-state index is -0.185. The summed E-state index contributed by atoms with van der Waals surface area (Å²) >= 11 is 3.65. The van der Waals surface area contributed by atoms with Gasteiger partial charge in [0.15, 0.2) is 0 Å². The first-order chi connectivity index (χ1) is 4.30. The van der Waals surface area contributed by atoms with E-state index in [1.54, 1.807) is 12.1 Å². The van der Waals surface area contributed by atoms with Gasteiger partial charge in [0, 0.05) is 5.56 Å². The number of carbonyl (C=O) groups is 1. The van der Waals surface area contributed by atoms with E-state index in [4.69, 9.17) is 0 Å². The highest BCUT2D eigenvalue weighted by molar-refractivity contribution is 7.97. The Bertz CT molecular complexity index is 210. The van der Waals surface area contributed by atoms with Gasteiger partial charge >= 0.3 is 0 Å². The van der Waals surface area contributed by atoms with Crippen molar-refractivity contribution in [1.29, 1.82) is 0 Å². The van der Waals surface area contributed by atoms with Crippen LogP contribution >= 0.6 is 12.6 Å². The molecule has 0 aliphatic heterocycles. The second-order valence-corrected chi connectivity index (χ2v) is 2.08. The van der Waals surface area contributed by atoms with Crippen molar-refractivity contribution < 1.29 is 9.50 Å². The first-order valence-electron chi connectivity index (χ1n) is 2.59. The van der Waals surface area contributed by atoms with E-state index < -0.39 is 0 Å². The zero-order valence-electron chi connectivity index (χ0n) is 5.15. The molecule has 0 atom stereocenters. The second kappa shape index (κ2) is 4.06. The SMILES string of the molecule is F.O=C(S)c1ccccc1. The largest absolute Gasteiger partial charge is 0.282 e. The van der Waals surface area contributed by atoms with Crippen molar-refractivity contribution in [2.75, 3.05) is 0 Å². The Hall–Kier alpha value is -0.830. The Morgan fingerprint density at radius 3 is 2.00 bits per heavy atom. The minimum Gasteiger partial charge on any atom is -0.282 e. The van der Waals surface area contributed by atoms with E-state index in [1.165, 1.54) is 0 Å². The lowest BCUT2D eigenvalue weighted by Crippen LogP contribution is -1.84. The number of rotatable bonds is 1. The van der Waals surface area contributed by atoms with Gasteiger partial charge in [-0.25, -0.2) is 0 Å². The summed E-state index contributed by atoms with van der Waals surface area (Å²) in [6.45, 7) is 0. The average molecular weight is 158 g/mol. The summed E-state index contributed by atoms with van der Waals surface area (Å²) in [5, 5.41) is -0.185. The van der Waals surface area contributed by atoms with Gasteiger partial charge in [0.25, 0.3) is 0 Å². The van der Waals surface area contributed by atoms with Gasteiger partial charge in [-0.05, 0) is 0 Å². The molecule has 0 radical (unpaired) electrons. The highest BCUT2D eigenvalue weighted by Crippen LogP contribution is 2.00. The van der Waals surface area contributed by atoms with Crippen molar-refractivity contribution in [1.82, 2.24) is 0 Å². The van der Waals surface area contributed by atoms with Crippen LogP contribution in [-0.2, 0) is 0 Å². The third kappa shape index (κ3) is 2.19. The van der Waals surface area contributed by atoms with Crippen LogP contribution < -0.4 is 0 Å². The Kier molecular flexibility index (Phi) is 3.72. The Morgan fingerprint density at radius 1 is 1.20 bits per heavy atom. The lowest BCUT2D eigenvalue weighted by Gasteiger charge is -1.88. The van der Waals surface area contributed by atoms with Crippen LogP contribution in [0.25, 0.3) is 0 Å². The standard InChI is InChI=1S/C7H6OS.FH/c8-7(9)6-4-2-1-3-5-6;/h1-5H,(H,8,9);1H. The topological polar surface area (TPSA) is 17.1 Å². The quantitative estimate of drug-likeness (QED) is 0.618. The summed E-state index contributed by atoms with van der Waals surface area (Å²) < 4.78 is 0. The normalized spacial score (nSPS) is 8.10. The summed E-state index contributed by atoms with van der Waals surface area (Å²) in [6, 6.07) is 8.94. The Balaban J connectivity index is 0.000000810. The van der Waals surface area contributed by atoms with E-state index in [2.05, 4.69) is 12.6 Å². The fraction of sp³-hybridized carbons (Fsp3) is 0. The summed E-state index contributed by atoms with van der Waals surface area (Å²) in [4.78, 5) is 10.5. The third-order valence-electron chi connectivity index (χ3n) is 1.02. The minimum absolute atomic E-state index is 0. The molecule has 0 unspecified atom stereocenters. The van der Waals surface area contributed by atoms with Crippen LogP contribution in [0.4, 0.5) is 4.70 Å². The van der Waals surface area contributed by atoms with Crippen molar-refractivity contribution >= 4 is 17.7 Å². The zero-order chi connectivity index (χ0) is 6.69. The lowest BCUT2D eigenvalue weighted by atomic mass is 10.2. The van der Waals surface area contributed by atoms with Crippen molar-refractivity contribution in [2.45, 2.75) is 0 Å². The molecule has 0 saturated heterocycles. The van der Waals surface area contributed by atoms with E-state index in [0.717, 1.165) is 0 Å². The highest BCUT2D eigenvalue weighted by atomic mass is 32.1. The first kappa shape index (κ1) is 9.17. The molecular weight excluding hydrogens is 151 g/mol. The first-order valence-corrected chi connectivity index (χ1v) is 3.04. The van der Waals surface area contributed by atoms with Gasteiger partial charge in [-0.2, -0.15) is 0 Å². The van der Waals surface area contributed by atoms with Gasteiger partial charge in [-0.3, -0.25) is 9.50 Å². The monoisotopic (exact) mass is 158 g/mol. The summed E-state index contributed by atoms with van der Waals surface area (Å²) in [5.41, 5.74) is 0.640. The van der Waals surface area contributed by atoms with E-state index >= 15 is 0 Å². The van der Waals surface area contributed by atoms with Crippen LogP contribution in [-0.4, -0.2) is 5.12 Å². The highest BCUT2D eigenvalue weighted by Gasteiger charge is 1.94. The van der Waals surface area contributed by atoms with Crippen molar-refractivity contribution in [2.24, 2.45) is 0 Å². The molecule has 3 heteroatoms. The number of hydrogen-bond acceptors (Lipinski definition) is 1. The van der Waals surface area contributed by atoms with Crippen LogP contribution in [0.2, 0.25) is 0 Å². The van der Waals surface area contributed by atoms with Gasteiger partial charge in [0.05, 0.1) is 0 Å². The Morgan fingerprint density at radius 2 is 1.70 bits per heavy atom. The maximum Gasteiger partial charge on any atom is 0.216 e. The molecule has 1 nitrogen and oxygen atoms in total. The number of benzene rings is 1. The summed E-state index contributed by atoms with van der Waals surface area (Å²) in [6.07, 6.45) is 0. The number of carbonyl (C=O) groups excluding carboxylic acids is 1. The number of thiol groups is 1. The molecule has 0 aliphatic carbocycles. The molecule has 0 spiro atoms. The maximum atomic E-state index is 10.5. The Labute approximate surface area is 63.8 Å². The second-order valence-electron chi connectivity index (χ2n) is 1.67. The molecule has 1 aromatic rings. The molecule has 0 N–H and O–H groups in total. The third-order valence-corrected chi connectivity index (χ3v) is 1.28. The molecule has 0 saturated carbocycles. The molecule has 0 amide bonds. The van der Waals surface area contributed by atoms with Gasteiger partial charge in [0.2, 0.25) is 5.12 Å². The molecule has 1 aromatic carbocycles. The molecule has 54 valence electrons. The number of hydrogen-bond donors (Lipinski definition) is 1. The van der Waals surface area contributed by atoms with Crippen LogP contribution in [0.3, 0.4) is 0 Å². The van der Waals surface area contributed by atoms with Gasteiger partial charge in [-0.1, -0.05) is 30.3 Å². The predicted octanol–water partition coefficient (Wildman–Crippen LogP) is 1.91. The zero-order valence-corrected chi connectivity index (χ0v) is 6.04. The van der Waals surface area contributed by atoms with E-state index in [9.17, 15) is 4.79 Å². The molecule has 0 heterocycles. The van der Waals surface area contributed by atoms with Gasteiger partial charge in [-0.15, -0.1) is 12.6 Å². The van der Waals surface area contributed by atoms with Crippen molar-refractivity contribution in [3.63, 3.8) is 0 Å². The van der Waals surface area contributed by atoms with Crippen LogP contribution in [0, 0.1) is 0 Å². The molecule has 0 aromatic heterocycles. The maximum absolute atomic E-state index is 10.5. The smallest absolute Gasteiger partial charge is 0.216 e. The van der Waals surface area contributed by atoms with E-state index in [-0.39, 0.29) is 9.82 Å². The predicted molar refractivity (Wildman–Crippen MR) is 42.3 cm³/mol. The van der Waals surface area contributed by atoms with Crippen LogP contribution in [0.1, 0.15) is 10.4 Å². The lowest BCUT2D eigenvalue weighted by molar-refractivity contribution is 0.109. The van der Waals surface area contributed by atoms with Gasteiger partial charge in [0.1, 0.15) is 0 Å². The molecular formula is C7H7FOS.